The molecule has 30 heavy (non-hydrogen) atoms. The fraction of sp³-hybridized carbons (Fsp3) is 0.429. The minimum absolute atomic E-state index is 0.141. The lowest BCUT2D eigenvalue weighted by Gasteiger charge is -2.27. The van der Waals surface area contributed by atoms with Crippen molar-refractivity contribution >= 4 is 23.4 Å². The lowest BCUT2D eigenvalue weighted by atomic mass is 9.92. The quantitative estimate of drug-likeness (QED) is 0.486. The predicted molar refractivity (Wildman–Crippen MR) is 111 cm³/mol. The number of anilines is 3. The number of para-hydroxylation sites is 1. The summed E-state index contributed by atoms with van der Waals surface area (Å²) in [5.74, 6) is 0.301. The highest BCUT2D eigenvalue weighted by atomic mass is 16.3. The first-order chi connectivity index (χ1) is 14.5. The molecule has 1 aromatic carbocycles. The Kier molecular flexibility index (Phi) is 5.53. The van der Waals surface area contributed by atoms with Crippen molar-refractivity contribution in [3.8, 4) is 6.07 Å². The molecule has 0 saturated heterocycles. The molecule has 0 radical (unpaired) electrons. The number of nitrogens with one attached hydrogen (secondary N) is 3. The Morgan fingerprint density at radius 3 is 2.80 bits per heavy atom. The van der Waals surface area contributed by atoms with Gasteiger partial charge in [0, 0.05) is 30.3 Å². The first-order valence-corrected chi connectivity index (χ1v) is 10.1. The van der Waals surface area contributed by atoms with E-state index in [9.17, 15) is 20.3 Å². The first kappa shape index (κ1) is 20.1. The van der Waals surface area contributed by atoms with Gasteiger partial charge in [-0.3, -0.25) is 4.79 Å². The van der Waals surface area contributed by atoms with Gasteiger partial charge in [0.15, 0.2) is 5.60 Å². The minimum Gasteiger partial charge on any atom is -0.393 e. The van der Waals surface area contributed by atoms with Gasteiger partial charge >= 0.3 is 0 Å². The normalized spacial score (nSPS) is 25.2. The molecule has 0 spiro atoms. The number of rotatable bonds is 6. The Bertz CT molecular complexity index is 983. The number of carbonyl (C=O) groups excluding carboxylic acids is 1. The Morgan fingerprint density at radius 1 is 1.27 bits per heavy atom. The Labute approximate surface area is 174 Å². The second-order valence-corrected chi connectivity index (χ2v) is 7.75. The van der Waals surface area contributed by atoms with Crippen LogP contribution in [0.15, 0.2) is 30.5 Å². The van der Waals surface area contributed by atoms with Gasteiger partial charge in [-0.15, -0.1) is 0 Å². The average Bonchev–Trinajstić information content (AvgIpc) is 3.00. The number of amides is 1. The van der Waals surface area contributed by atoms with E-state index in [1.54, 1.807) is 24.3 Å². The van der Waals surface area contributed by atoms with Crippen LogP contribution in [0.5, 0.6) is 0 Å². The van der Waals surface area contributed by atoms with Gasteiger partial charge in [-0.25, -0.2) is 4.98 Å². The van der Waals surface area contributed by atoms with E-state index in [0.717, 1.165) is 25.7 Å². The summed E-state index contributed by atoms with van der Waals surface area (Å²) in [5.41, 5.74) is -0.0993. The molecule has 2 heterocycles. The summed E-state index contributed by atoms with van der Waals surface area (Å²) >= 11 is 0. The fourth-order valence-corrected chi connectivity index (χ4v) is 3.98. The second kappa shape index (κ2) is 8.26. The molecule has 156 valence electrons. The molecular weight excluding hydrogens is 384 g/mol. The zero-order valence-corrected chi connectivity index (χ0v) is 16.4. The summed E-state index contributed by atoms with van der Waals surface area (Å²) in [6.45, 7) is 0.263. The SMILES string of the molecule is N#Cc1cnc(NCCC2(O)C(=O)Nc3ccccc32)nc1N[C@H]1CC[C@H](O)CC1. The van der Waals surface area contributed by atoms with Crippen LogP contribution in [0.3, 0.4) is 0 Å². The lowest BCUT2D eigenvalue weighted by Crippen LogP contribution is -2.36. The van der Waals surface area contributed by atoms with Crippen LogP contribution in [0.1, 0.15) is 43.2 Å². The summed E-state index contributed by atoms with van der Waals surface area (Å²) in [7, 11) is 0. The number of aromatic nitrogens is 2. The smallest absolute Gasteiger partial charge is 0.261 e. The van der Waals surface area contributed by atoms with Crippen LogP contribution in [-0.4, -0.2) is 44.8 Å². The molecule has 2 aliphatic rings. The van der Waals surface area contributed by atoms with Gasteiger partial charge in [-0.05, 0) is 31.7 Å². The van der Waals surface area contributed by atoms with E-state index in [1.165, 1.54) is 6.20 Å². The molecule has 1 aliphatic heterocycles. The lowest BCUT2D eigenvalue weighted by molar-refractivity contribution is -0.134. The molecule has 1 aromatic heterocycles. The number of benzene rings is 1. The zero-order valence-electron chi connectivity index (χ0n) is 16.4. The summed E-state index contributed by atoms with van der Waals surface area (Å²) < 4.78 is 0. The average molecular weight is 408 g/mol. The number of hydrogen-bond donors (Lipinski definition) is 5. The molecule has 1 saturated carbocycles. The van der Waals surface area contributed by atoms with Crippen molar-refractivity contribution in [2.24, 2.45) is 0 Å². The second-order valence-electron chi connectivity index (χ2n) is 7.75. The van der Waals surface area contributed by atoms with Gasteiger partial charge in [0.25, 0.3) is 5.91 Å². The third-order valence-electron chi connectivity index (χ3n) is 5.71. The summed E-state index contributed by atoms with van der Waals surface area (Å²) in [6.07, 6.45) is 4.38. The highest BCUT2D eigenvalue weighted by Crippen LogP contribution is 2.37. The molecule has 1 amide bonds. The van der Waals surface area contributed by atoms with E-state index in [2.05, 4.69) is 32.0 Å². The molecule has 2 aromatic rings. The maximum absolute atomic E-state index is 12.3. The molecule has 4 rings (SSSR count). The summed E-state index contributed by atoms with van der Waals surface area (Å²) in [6, 6.07) is 9.30. The number of nitrogens with zero attached hydrogens (tertiary/aromatic N) is 3. The Balaban J connectivity index is 1.42. The standard InChI is InChI=1S/C21H24N6O3/c22-11-13-12-24-20(27-18(13)25-14-5-7-15(28)8-6-14)23-10-9-21(30)16-3-1-2-4-17(16)26-19(21)29/h1-4,12,14-15,28,30H,5-10H2,(H,26,29)(H2,23,24,25,27)/t14-,15-,21?. The van der Waals surface area contributed by atoms with Gasteiger partial charge in [-0.1, -0.05) is 18.2 Å². The maximum atomic E-state index is 12.3. The van der Waals surface area contributed by atoms with Crippen LogP contribution >= 0.6 is 0 Å². The van der Waals surface area contributed by atoms with Crippen molar-refractivity contribution in [3.05, 3.63) is 41.6 Å². The molecule has 9 heteroatoms. The highest BCUT2D eigenvalue weighted by Gasteiger charge is 2.44. The number of nitriles is 1. The van der Waals surface area contributed by atoms with E-state index in [0.29, 0.717) is 28.6 Å². The van der Waals surface area contributed by atoms with Gasteiger partial charge in [0.05, 0.1) is 12.3 Å². The number of hydrogen-bond acceptors (Lipinski definition) is 8. The molecule has 1 atom stereocenters. The number of aliphatic hydroxyl groups is 2. The van der Waals surface area contributed by atoms with Gasteiger partial charge < -0.3 is 26.2 Å². The summed E-state index contributed by atoms with van der Waals surface area (Å²) in [5, 5.41) is 38.9. The van der Waals surface area contributed by atoms with Crippen LogP contribution < -0.4 is 16.0 Å². The molecule has 1 fully saturated rings. The monoisotopic (exact) mass is 408 g/mol. The van der Waals surface area contributed by atoms with Crippen molar-refractivity contribution in [2.45, 2.75) is 49.9 Å². The van der Waals surface area contributed by atoms with Crippen LogP contribution in [0.25, 0.3) is 0 Å². The molecule has 0 bridgehead atoms. The van der Waals surface area contributed by atoms with E-state index in [-0.39, 0.29) is 25.1 Å². The van der Waals surface area contributed by atoms with Crippen LogP contribution in [0.4, 0.5) is 17.5 Å². The zero-order chi connectivity index (χ0) is 21.1. The predicted octanol–water partition coefficient (Wildman–Crippen LogP) is 1.71. The van der Waals surface area contributed by atoms with Crippen molar-refractivity contribution in [1.82, 2.24) is 9.97 Å². The van der Waals surface area contributed by atoms with E-state index >= 15 is 0 Å². The number of carbonyl (C=O) groups is 1. The van der Waals surface area contributed by atoms with E-state index < -0.39 is 11.5 Å². The highest BCUT2D eigenvalue weighted by molar-refractivity contribution is 6.04. The largest absolute Gasteiger partial charge is 0.393 e. The molecule has 1 unspecified atom stereocenters. The Morgan fingerprint density at radius 2 is 2.03 bits per heavy atom. The molecule has 1 aliphatic carbocycles. The van der Waals surface area contributed by atoms with Crippen molar-refractivity contribution in [1.29, 1.82) is 5.26 Å². The minimum atomic E-state index is -1.61. The fourth-order valence-electron chi connectivity index (χ4n) is 3.98. The van der Waals surface area contributed by atoms with Crippen LogP contribution in [0, 0.1) is 11.3 Å². The third kappa shape index (κ3) is 3.92. The molecule has 5 N–H and O–H groups in total. The number of aliphatic hydroxyl groups excluding tert-OH is 1. The molecular formula is C21H24N6O3. The van der Waals surface area contributed by atoms with Crippen molar-refractivity contribution < 1.29 is 15.0 Å². The topological polar surface area (TPSA) is 143 Å². The van der Waals surface area contributed by atoms with E-state index in [1.807, 2.05) is 0 Å². The molecule has 9 nitrogen and oxygen atoms in total. The Hall–Kier alpha value is -3.22. The van der Waals surface area contributed by atoms with E-state index in [4.69, 9.17) is 0 Å². The third-order valence-corrected chi connectivity index (χ3v) is 5.71. The van der Waals surface area contributed by atoms with Crippen molar-refractivity contribution in [2.75, 3.05) is 22.5 Å². The van der Waals surface area contributed by atoms with Crippen LogP contribution in [0.2, 0.25) is 0 Å². The first-order valence-electron chi connectivity index (χ1n) is 10.1. The van der Waals surface area contributed by atoms with Gasteiger partial charge in [0.1, 0.15) is 17.5 Å². The van der Waals surface area contributed by atoms with Crippen molar-refractivity contribution in [3.63, 3.8) is 0 Å². The number of fused-ring (bicyclic) bond motifs is 1. The van der Waals surface area contributed by atoms with Gasteiger partial charge in [-0.2, -0.15) is 10.2 Å². The van der Waals surface area contributed by atoms with Gasteiger partial charge in [0.2, 0.25) is 5.95 Å². The maximum Gasteiger partial charge on any atom is 0.261 e. The van der Waals surface area contributed by atoms with Crippen LogP contribution in [-0.2, 0) is 10.4 Å². The summed E-state index contributed by atoms with van der Waals surface area (Å²) in [4.78, 5) is 20.9.